The molecule has 1 aromatic heterocycles. The van der Waals surface area contributed by atoms with E-state index in [2.05, 4.69) is 27.5 Å². The van der Waals surface area contributed by atoms with Crippen molar-refractivity contribution >= 4 is 23.3 Å². The van der Waals surface area contributed by atoms with Crippen LogP contribution >= 0.6 is 11.3 Å². The van der Waals surface area contributed by atoms with Crippen LogP contribution in [0.3, 0.4) is 0 Å². The van der Waals surface area contributed by atoms with Crippen molar-refractivity contribution in [1.29, 1.82) is 0 Å². The second-order valence-electron chi connectivity index (χ2n) is 2.89. The maximum absolute atomic E-state index is 11.2. The maximum atomic E-state index is 11.2. The quantitative estimate of drug-likeness (QED) is 0.687. The van der Waals surface area contributed by atoms with Gasteiger partial charge >= 0.3 is 12.0 Å². The number of thiazole rings is 1. The van der Waals surface area contributed by atoms with Gasteiger partial charge in [-0.3, -0.25) is 0 Å². The Balaban J connectivity index is 2.36. The first-order valence-electron chi connectivity index (χ1n) is 4.72. The SMILES string of the molecule is CC#CCNC(=O)NCc1nc(C(=O)O)cs1. The molecule has 1 heterocycles. The molecule has 0 spiro atoms. The van der Waals surface area contributed by atoms with Gasteiger partial charge in [-0.25, -0.2) is 14.6 Å². The standard InChI is InChI=1S/C10H11N3O3S/c1-2-3-4-11-10(16)12-5-8-13-7(6-17-8)9(14)15/h6H,4-5H2,1H3,(H,14,15)(H2,11,12,16). The van der Waals surface area contributed by atoms with E-state index in [0.29, 0.717) is 5.01 Å². The molecular weight excluding hydrogens is 242 g/mol. The Morgan fingerprint density at radius 1 is 1.53 bits per heavy atom. The number of aromatic carboxylic acids is 1. The minimum Gasteiger partial charge on any atom is -0.476 e. The third-order valence-corrected chi connectivity index (χ3v) is 2.53. The fourth-order valence-electron chi connectivity index (χ4n) is 0.922. The Kier molecular flexibility index (Phi) is 4.97. The van der Waals surface area contributed by atoms with Crippen molar-refractivity contribution in [2.75, 3.05) is 6.54 Å². The summed E-state index contributed by atoms with van der Waals surface area (Å²) in [7, 11) is 0. The predicted octanol–water partition coefficient (Wildman–Crippen LogP) is 0.664. The van der Waals surface area contributed by atoms with E-state index >= 15 is 0 Å². The third-order valence-electron chi connectivity index (χ3n) is 1.69. The van der Waals surface area contributed by atoms with Crippen LogP contribution in [0.2, 0.25) is 0 Å². The molecule has 0 aliphatic rings. The molecule has 0 fully saturated rings. The molecule has 0 saturated carbocycles. The average Bonchev–Trinajstić information content (AvgIpc) is 2.75. The minimum absolute atomic E-state index is 0.0101. The Labute approximate surface area is 102 Å². The summed E-state index contributed by atoms with van der Waals surface area (Å²) in [6, 6.07) is -0.361. The number of carboxylic acids is 1. The van der Waals surface area contributed by atoms with E-state index < -0.39 is 5.97 Å². The number of aromatic nitrogens is 1. The van der Waals surface area contributed by atoms with Crippen molar-refractivity contribution in [3.63, 3.8) is 0 Å². The summed E-state index contributed by atoms with van der Waals surface area (Å²) in [4.78, 5) is 25.6. The van der Waals surface area contributed by atoms with Gasteiger partial charge < -0.3 is 15.7 Å². The summed E-state index contributed by atoms with van der Waals surface area (Å²) in [5.41, 5.74) is -0.0101. The van der Waals surface area contributed by atoms with Crippen LogP contribution in [-0.4, -0.2) is 28.6 Å². The zero-order valence-corrected chi connectivity index (χ0v) is 9.93. The number of nitrogens with zero attached hydrogens (tertiary/aromatic N) is 1. The molecule has 1 aromatic rings. The van der Waals surface area contributed by atoms with E-state index in [0.717, 1.165) is 0 Å². The Bertz CT molecular complexity index is 473. The maximum Gasteiger partial charge on any atom is 0.355 e. The highest BCUT2D eigenvalue weighted by Crippen LogP contribution is 2.08. The first-order valence-corrected chi connectivity index (χ1v) is 5.60. The van der Waals surface area contributed by atoms with Crippen LogP contribution in [0.5, 0.6) is 0 Å². The summed E-state index contributed by atoms with van der Waals surface area (Å²) in [6.45, 7) is 2.16. The van der Waals surface area contributed by atoms with Gasteiger partial charge in [0.05, 0.1) is 13.1 Å². The van der Waals surface area contributed by atoms with Crippen LogP contribution in [0.15, 0.2) is 5.38 Å². The van der Waals surface area contributed by atoms with Gasteiger partial charge in [-0.05, 0) is 6.92 Å². The molecule has 0 radical (unpaired) electrons. The van der Waals surface area contributed by atoms with Crippen LogP contribution in [0.25, 0.3) is 0 Å². The van der Waals surface area contributed by atoms with Crippen molar-refractivity contribution < 1.29 is 14.7 Å². The molecule has 17 heavy (non-hydrogen) atoms. The van der Waals surface area contributed by atoms with Crippen LogP contribution in [0, 0.1) is 11.8 Å². The zero-order chi connectivity index (χ0) is 12.7. The number of urea groups is 1. The van der Waals surface area contributed by atoms with Crippen LogP contribution in [0.4, 0.5) is 4.79 Å². The molecule has 0 unspecified atom stereocenters. The molecule has 90 valence electrons. The van der Waals surface area contributed by atoms with Gasteiger partial charge in [-0.15, -0.1) is 17.3 Å². The van der Waals surface area contributed by atoms with E-state index in [9.17, 15) is 9.59 Å². The Morgan fingerprint density at radius 3 is 2.88 bits per heavy atom. The lowest BCUT2D eigenvalue weighted by Crippen LogP contribution is -2.35. The van der Waals surface area contributed by atoms with Gasteiger partial charge in [0.15, 0.2) is 5.69 Å². The van der Waals surface area contributed by atoms with E-state index in [1.54, 1.807) is 6.92 Å². The molecule has 0 bridgehead atoms. The number of amides is 2. The highest BCUT2D eigenvalue weighted by atomic mass is 32.1. The molecule has 0 atom stereocenters. The van der Waals surface area contributed by atoms with Gasteiger partial charge in [0.1, 0.15) is 5.01 Å². The molecule has 0 aliphatic heterocycles. The first kappa shape index (κ1) is 13.0. The number of hydrogen-bond donors (Lipinski definition) is 3. The van der Waals surface area contributed by atoms with Crippen molar-refractivity contribution in [3.8, 4) is 11.8 Å². The summed E-state index contributed by atoms with van der Waals surface area (Å²) < 4.78 is 0. The number of hydrogen-bond acceptors (Lipinski definition) is 4. The van der Waals surface area contributed by atoms with Crippen molar-refractivity contribution in [3.05, 3.63) is 16.1 Å². The van der Waals surface area contributed by atoms with Gasteiger partial charge in [-0.1, -0.05) is 5.92 Å². The summed E-state index contributed by atoms with van der Waals surface area (Å²) in [6.07, 6.45) is 0. The van der Waals surface area contributed by atoms with Crippen molar-refractivity contribution in [2.45, 2.75) is 13.5 Å². The topological polar surface area (TPSA) is 91.3 Å². The predicted molar refractivity (Wildman–Crippen MR) is 62.8 cm³/mol. The summed E-state index contributed by atoms with van der Waals surface area (Å²) in [5.74, 6) is 4.25. The number of nitrogens with one attached hydrogen (secondary N) is 2. The molecule has 3 N–H and O–H groups in total. The van der Waals surface area contributed by atoms with Crippen LogP contribution in [-0.2, 0) is 6.54 Å². The molecule has 0 saturated heterocycles. The second-order valence-corrected chi connectivity index (χ2v) is 3.84. The van der Waals surface area contributed by atoms with E-state index in [1.165, 1.54) is 16.7 Å². The highest BCUT2D eigenvalue weighted by Gasteiger charge is 2.08. The van der Waals surface area contributed by atoms with Crippen molar-refractivity contribution in [1.82, 2.24) is 15.6 Å². The number of carbonyl (C=O) groups is 2. The van der Waals surface area contributed by atoms with Gasteiger partial charge in [0.25, 0.3) is 0 Å². The third kappa shape index (κ3) is 4.53. The average molecular weight is 253 g/mol. The lowest BCUT2D eigenvalue weighted by molar-refractivity contribution is 0.0691. The fraction of sp³-hybridized carbons (Fsp3) is 0.300. The lowest BCUT2D eigenvalue weighted by atomic mass is 10.5. The van der Waals surface area contributed by atoms with Crippen LogP contribution in [0.1, 0.15) is 22.4 Å². The largest absolute Gasteiger partial charge is 0.476 e. The monoisotopic (exact) mass is 253 g/mol. The number of rotatable bonds is 4. The molecule has 0 aromatic carbocycles. The second kappa shape index (κ2) is 6.50. The molecular formula is C10H11N3O3S. The van der Waals surface area contributed by atoms with E-state index in [1.807, 2.05) is 0 Å². The Morgan fingerprint density at radius 2 is 2.29 bits per heavy atom. The number of carbonyl (C=O) groups excluding carboxylic acids is 1. The molecule has 7 heteroatoms. The Hall–Kier alpha value is -2.07. The van der Waals surface area contributed by atoms with Gasteiger partial charge in [0, 0.05) is 5.38 Å². The highest BCUT2D eigenvalue weighted by molar-refractivity contribution is 7.09. The zero-order valence-electron chi connectivity index (χ0n) is 9.11. The molecule has 0 aliphatic carbocycles. The van der Waals surface area contributed by atoms with E-state index in [-0.39, 0.29) is 24.8 Å². The number of carboxylic acid groups (broad SMARTS) is 1. The van der Waals surface area contributed by atoms with Crippen LogP contribution < -0.4 is 10.6 Å². The molecule has 1 rings (SSSR count). The first-order chi connectivity index (χ1) is 8.13. The fourth-order valence-corrected chi connectivity index (χ4v) is 1.63. The minimum atomic E-state index is -1.07. The van der Waals surface area contributed by atoms with Gasteiger partial charge in [0.2, 0.25) is 0 Å². The lowest BCUT2D eigenvalue weighted by Gasteiger charge is -2.02. The van der Waals surface area contributed by atoms with Crippen molar-refractivity contribution in [2.24, 2.45) is 0 Å². The molecule has 6 nitrogen and oxygen atoms in total. The molecule has 2 amide bonds. The van der Waals surface area contributed by atoms with Gasteiger partial charge in [-0.2, -0.15) is 0 Å². The summed E-state index contributed by atoms with van der Waals surface area (Å²) >= 11 is 1.19. The van der Waals surface area contributed by atoms with E-state index in [4.69, 9.17) is 5.11 Å². The normalized spacial score (nSPS) is 9.00. The summed E-state index contributed by atoms with van der Waals surface area (Å²) in [5, 5.41) is 15.7. The smallest absolute Gasteiger partial charge is 0.355 e.